The van der Waals surface area contributed by atoms with E-state index < -0.39 is 27.5 Å². The highest BCUT2D eigenvalue weighted by Crippen LogP contribution is 2.35. The zero-order valence-electron chi connectivity index (χ0n) is 19.0. The summed E-state index contributed by atoms with van der Waals surface area (Å²) in [6.45, 7) is 1.07. The molecular weight excluding hydrogens is 460 g/mol. The highest BCUT2D eigenvalue weighted by atomic mass is 32.2. The maximum absolute atomic E-state index is 13.1. The lowest BCUT2D eigenvalue weighted by Crippen LogP contribution is -2.60. The summed E-state index contributed by atoms with van der Waals surface area (Å²) in [5.74, 6) is 0.0350. The molecule has 1 amide bonds. The number of nitrogens with zero attached hydrogens (tertiary/aromatic N) is 4. The number of aromatic nitrogens is 2. The fourth-order valence-corrected chi connectivity index (χ4v) is 7.23. The average Bonchev–Trinajstić information content (AvgIpc) is 3.19. The van der Waals surface area contributed by atoms with E-state index in [1.54, 1.807) is 24.5 Å². The van der Waals surface area contributed by atoms with E-state index in [9.17, 15) is 23.1 Å². The van der Waals surface area contributed by atoms with Gasteiger partial charge in [-0.25, -0.2) is 22.3 Å². The van der Waals surface area contributed by atoms with E-state index in [-0.39, 0.29) is 25.1 Å². The van der Waals surface area contributed by atoms with Gasteiger partial charge in [0.1, 0.15) is 11.4 Å². The lowest BCUT2D eigenvalue weighted by Gasteiger charge is -2.42. The van der Waals surface area contributed by atoms with Crippen LogP contribution in [0.5, 0.6) is 0 Å². The first-order valence-electron chi connectivity index (χ1n) is 12.0. The number of fused-ring (bicyclic) bond motifs is 1. The van der Waals surface area contributed by atoms with Crippen LogP contribution in [0.25, 0.3) is 11.0 Å². The van der Waals surface area contributed by atoms with E-state index in [1.807, 2.05) is 0 Å². The lowest BCUT2D eigenvalue weighted by atomic mass is 9.91. The summed E-state index contributed by atoms with van der Waals surface area (Å²) in [6, 6.07) is 3.43. The zero-order valence-corrected chi connectivity index (χ0v) is 19.8. The number of carbonyl (C=O) groups excluding carboxylic acids is 1. The fraction of sp³-hybridized carbons (Fsp3) is 0.609. The minimum atomic E-state index is -3.51. The van der Waals surface area contributed by atoms with Gasteiger partial charge in [0, 0.05) is 38.6 Å². The van der Waals surface area contributed by atoms with Gasteiger partial charge < -0.3 is 14.7 Å². The molecule has 2 aromatic heterocycles. The van der Waals surface area contributed by atoms with Crippen LogP contribution < -0.4 is 0 Å². The number of carboxylic acid groups (broad SMARTS) is 1. The Morgan fingerprint density at radius 1 is 1.06 bits per heavy atom. The standard InChI is InChI=1S/C23H30N4O6S/c28-22(29)27-15-19(21-20(27)7-4-10-24-21)16-8-11-26(12-9-16)34(31,32)18-13-25(14-18)23(30)33-17-5-2-1-3-6-17/h4,7,10,15-18H,1-3,5-6,8-9,11-14H2,(H,28,29). The molecule has 0 radical (unpaired) electrons. The van der Waals surface area contributed by atoms with E-state index in [0.717, 1.165) is 31.2 Å². The Labute approximate surface area is 198 Å². The molecule has 1 N–H and O–H groups in total. The van der Waals surface area contributed by atoms with Gasteiger partial charge in [-0.1, -0.05) is 6.42 Å². The number of rotatable bonds is 4. The van der Waals surface area contributed by atoms with E-state index in [2.05, 4.69) is 4.98 Å². The van der Waals surface area contributed by atoms with Crippen molar-refractivity contribution in [3.63, 3.8) is 0 Å². The minimum absolute atomic E-state index is 0.0350. The summed E-state index contributed by atoms with van der Waals surface area (Å²) >= 11 is 0. The van der Waals surface area contributed by atoms with Crippen molar-refractivity contribution in [1.29, 1.82) is 0 Å². The number of hydrogen-bond acceptors (Lipinski definition) is 6. The van der Waals surface area contributed by atoms with Crippen LogP contribution in [-0.4, -0.2) is 82.0 Å². The van der Waals surface area contributed by atoms with E-state index in [0.29, 0.717) is 37.0 Å². The normalized spacial score (nSPS) is 21.5. The van der Waals surface area contributed by atoms with Gasteiger partial charge in [0.15, 0.2) is 0 Å². The lowest BCUT2D eigenvalue weighted by molar-refractivity contribution is 0.0328. The van der Waals surface area contributed by atoms with Gasteiger partial charge in [-0.3, -0.25) is 9.55 Å². The van der Waals surface area contributed by atoms with Gasteiger partial charge in [-0.05, 0) is 62.1 Å². The van der Waals surface area contributed by atoms with Crippen LogP contribution in [0.3, 0.4) is 0 Å². The van der Waals surface area contributed by atoms with Crippen molar-refractivity contribution in [3.8, 4) is 0 Å². The van der Waals surface area contributed by atoms with Crippen molar-refractivity contribution in [1.82, 2.24) is 18.8 Å². The summed E-state index contributed by atoms with van der Waals surface area (Å²) in [6.07, 6.45) is 7.99. The summed E-state index contributed by atoms with van der Waals surface area (Å²) in [5, 5.41) is 8.90. The number of carbonyl (C=O) groups is 2. The molecule has 4 heterocycles. The van der Waals surface area contributed by atoms with Gasteiger partial charge in [0.2, 0.25) is 10.0 Å². The van der Waals surface area contributed by atoms with Crippen LogP contribution in [0.15, 0.2) is 24.5 Å². The van der Waals surface area contributed by atoms with Gasteiger partial charge in [0.25, 0.3) is 0 Å². The molecule has 0 bridgehead atoms. The average molecular weight is 491 g/mol. The van der Waals surface area contributed by atoms with Crippen LogP contribution in [0.1, 0.15) is 56.4 Å². The number of hydrogen-bond donors (Lipinski definition) is 1. The Hall–Kier alpha value is -2.66. The molecule has 2 aromatic rings. The molecule has 10 nitrogen and oxygen atoms in total. The molecule has 184 valence electrons. The van der Waals surface area contributed by atoms with Gasteiger partial charge in [-0.2, -0.15) is 0 Å². The molecule has 0 unspecified atom stereocenters. The summed E-state index contributed by atoms with van der Waals surface area (Å²) < 4.78 is 34.5. The second-order valence-corrected chi connectivity index (χ2v) is 11.7. The molecule has 0 spiro atoms. The number of sulfonamides is 1. The molecule has 0 atom stereocenters. The van der Waals surface area contributed by atoms with Crippen LogP contribution in [-0.2, 0) is 14.8 Å². The Morgan fingerprint density at radius 3 is 2.44 bits per heavy atom. The Bertz CT molecular complexity index is 1180. The maximum Gasteiger partial charge on any atom is 0.416 e. The third-order valence-corrected chi connectivity index (χ3v) is 9.62. The Morgan fingerprint density at radius 2 is 1.76 bits per heavy atom. The first-order chi connectivity index (χ1) is 16.3. The van der Waals surface area contributed by atoms with E-state index >= 15 is 0 Å². The maximum atomic E-state index is 13.1. The summed E-state index contributed by atoms with van der Waals surface area (Å²) in [5.41, 5.74) is 2.03. The van der Waals surface area contributed by atoms with Crippen LogP contribution >= 0.6 is 0 Å². The van der Waals surface area contributed by atoms with E-state index in [1.165, 1.54) is 20.2 Å². The minimum Gasteiger partial charge on any atom is -0.464 e. The molecule has 3 fully saturated rings. The second kappa shape index (κ2) is 9.18. The highest BCUT2D eigenvalue weighted by molar-refractivity contribution is 7.89. The smallest absolute Gasteiger partial charge is 0.416 e. The third-order valence-electron chi connectivity index (χ3n) is 7.39. The Balaban J connectivity index is 1.18. The number of likely N-dealkylation sites (tertiary alicyclic amines) is 1. The van der Waals surface area contributed by atoms with Crippen LogP contribution in [0, 0.1) is 0 Å². The monoisotopic (exact) mass is 490 g/mol. The molecular formula is C23H30N4O6S. The summed E-state index contributed by atoms with van der Waals surface area (Å²) in [4.78, 5) is 29.8. The quantitative estimate of drug-likeness (QED) is 0.698. The largest absolute Gasteiger partial charge is 0.464 e. The summed E-state index contributed by atoms with van der Waals surface area (Å²) in [7, 11) is -3.51. The molecule has 34 heavy (non-hydrogen) atoms. The molecule has 3 aliphatic rings. The van der Waals surface area contributed by atoms with Gasteiger partial charge in [0.05, 0.1) is 11.0 Å². The number of amides is 1. The predicted octanol–water partition coefficient (Wildman–Crippen LogP) is 3.23. The third kappa shape index (κ3) is 4.26. The highest BCUT2D eigenvalue weighted by Gasteiger charge is 2.44. The Kier molecular flexibility index (Phi) is 6.24. The fourth-order valence-electron chi connectivity index (χ4n) is 5.35. The number of ether oxygens (including phenoxy) is 1. The zero-order chi connectivity index (χ0) is 23.9. The SMILES string of the molecule is O=C(OC1CCCCC1)N1CC(S(=O)(=O)N2CCC(c3cn(C(=O)O)c4cccnc34)CC2)C1. The predicted molar refractivity (Wildman–Crippen MR) is 124 cm³/mol. The van der Waals surface area contributed by atoms with Crippen LogP contribution in [0.4, 0.5) is 9.59 Å². The first-order valence-corrected chi connectivity index (χ1v) is 13.5. The van der Waals surface area contributed by atoms with Gasteiger partial charge >= 0.3 is 12.2 Å². The first kappa shape index (κ1) is 23.1. The molecule has 5 rings (SSSR count). The molecule has 1 aliphatic carbocycles. The number of pyridine rings is 1. The number of piperidine rings is 1. The topological polar surface area (TPSA) is 122 Å². The van der Waals surface area contributed by atoms with Crippen molar-refractivity contribution in [2.75, 3.05) is 26.2 Å². The van der Waals surface area contributed by atoms with E-state index in [4.69, 9.17) is 4.74 Å². The molecule has 2 aliphatic heterocycles. The van der Waals surface area contributed by atoms with Crippen molar-refractivity contribution in [3.05, 3.63) is 30.1 Å². The van der Waals surface area contributed by atoms with Crippen LogP contribution in [0.2, 0.25) is 0 Å². The molecule has 0 aromatic carbocycles. The van der Waals surface area contributed by atoms with Crippen molar-refractivity contribution in [2.24, 2.45) is 0 Å². The van der Waals surface area contributed by atoms with Crippen molar-refractivity contribution < 1.29 is 27.9 Å². The molecule has 2 saturated heterocycles. The molecule has 1 saturated carbocycles. The van der Waals surface area contributed by atoms with Crippen molar-refractivity contribution >= 4 is 33.2 Å². The second-order valence-electron chi connectivity index (χ2n) is 9.50. The van der Waals surface area contributed by atoms with Crippen molar-refractivity contribution in [2.45, 2.75) is 62.2 Å². The molecule has 11 heteroatoms. The van der Waals surface area contributed by atoms with Gasteiger partial charge in [-0.15, -0.1) is 0 Å².